The number of hydrogen-bond donors (Lipinski definition) is 1. The Morgan fingerprint density at radius 1 is 1.79 bits per heavy atom. The lowest BCUT2D eigenvalue weighted by atomic mass is 10.3. The molecule has 14 heavy (non-hydrogen) atoms. The standard InChI is InChI=1S/C10H15NO3/c1-8(2)10(12)11-7-13-6-9-4-3-5-14-9/h3-4,9H,1,5-7H2,2H3,(H,11,12). The van der Waals surface area contributed by atoms with Crippen molar-refractivity contribution in [2.75, 3.05) is 19.9 Å². The summed E-state index contributed by atoms with van der Waals surface area (Å²) < 4.78 is 10.4. The molecule has 0 aromatic carbocycles. The maximum atomic E-state index is 11.0. The van der Waals surface area contributed by atoms with Gasteiger partial charge in [-0.1, -0.05) is 18.7 Å². The summed E-state index contributed by atoms with van der Waals surface area (Å²) in [5.41, 5.74) is 0.477. The minimum absolute atomic E-state index is 0.0248. The van der Waals surface area contributed by atoms with Gasteiger partial charge in [-0.2, -0.15) is 0 Å². The largest absolute Gasteiger partial charge is 0.368 e. The predicted molar refractivity (Wildman–Crippen MR) is 52.7 cm³/mol. The molecule has 78 valence electrons. The summed E-state index contributed by atoms with van der Waals surface area (Å²) >= 11 is 0. The first-order valence-electron chi connectivity index (χ1n) is 4.50. The number of amides is 1. The number of hydrogen-bond acceptors (Lipinski definition) is 3. The smallest absolute Gasteiger partial charge is 0.248 e. The average molecular weight is 197 g/mol. The van der Waals surface area contributed by atoms with Gasteiger partial charge in [-0.3, -0.25) is 4.79 Å². The highest BCUT2D eigenvalue weighted by Crippen LogP contribution is 2.02. The van der Waals surface area contributed by atoms with Crippen LogP contribution in [0, 0.1) is 0 Å². The van der Waals surface area contributed by atoms with E-state index >= 15 is 0 Å². The molecule has 4 heteroatoms. The van der Waals surface area contributed by atoms with Crippen molar-refractivity contribution in [1.29, 1.82) is 0 Å². The lowest BCUT2D eigenvalue weighted by molar-refractivity contribution is -0.119. The van der Waals surface area contributed by atoms with Crippen LogP contribution in [0.25, 0.3) is 0 Å². The van der Waals surface area contributed by atoms with Crippen LogP contribution >= 0.6 is 0 Å². The summed E-state index contributed by atoms with van der Waals surface area (Å²) in [5, 5.41) is 2.57. The number of carbonyl (C=O) groups excluding carboxylic acids is 1. The number of ether oxygens (including phenoxy) is 2. The van der Waals surface area contributed by atoms with E-state index in [1.807, 2.05) is 12.2 Å². The van der Waals surface area contributed by atoms with Crippen LogP contribution in [-0.4, -0.2) is 32.0 Å². The van der Waals surface area contributed by atoms with Gasteiger partial charge in [0, 0.05) is 5.57 Å². The molecule has 1 aliphatic rings. The van der Waals surface area contributed by atoms with Gasteiger partial charge in [0.2, 0.25) is 5.91 Å². The molecule has 1 unspecified atom stereocenters. The van der Waals surface area contributed by atoms with Gasteiger partial charge in [-0.15, -0.1) is 0 Å². The Hall–Kier alpha value is -1.13. The second kappa shape index (κ2) is 5.57. The highest BCUT2D eigenvalue weighted by atomic mass is 16.5. The Kier molecular flexibility index (Phi) is 4.35. The Bertz CT molecular complexity index is 248. The van der Waals surface area contributed by atoms with Gasteiger partial charge in [0.05, 0.1) is 19.3 Å². The van der Waals surface area contributed by atoms with E-state index in [1.54, 1.807) is 6.92 Å². The van der Waals surface area contributed by atoms with Gasteiger partial charge >= 0.3 is 0 Å². The fourth-order valence-electron chi connectivity index (χ4n) is 0.988. The molecule has 0 bridgehead atoms. The topological polar surface area (TPSA) is 47.6 Å². The zero-order valence-corrected chi connectivity index (χ0v) is 8.29. The zero-order valence-electron chi connectivity index (χ0n) is 8.29. The van der Waals surface area contributed by atoms with Crippen molar-refractivity contribution in [3.05, 3.63) is 24.3 Å². The van der Waals surface area contributed by atoms with Gasteiger partial charge in [0.25, 0.3) is 0 Å². The molecule has 0 spiro atoms. The van der Waals surface area contributed by atoms with Gasteiger partial charge in [-0.05, 0) is 6.92 Å². The lowest BCUT2D eigenvalue weighted by Gasteiger charge is -2.09. The Morgan fingerprint density at radius 3 is 3.14 bits per heavy atom. The van der Waals surface area contributed by atoms with Crippen molar-refractivity contribution in [2.24, 2.45) is 0 Å². The monoisotopic (exact) mass is 197 g/mol. The van der Waals surface area contributed by atoms with E-state index in [1.165, 1.54) is 0 Å². The third kappa shape index (κ3) is 3.72. The number of nitrogens with one attached hydrogen (secondary N) is 1. The number of rotatable bonds is 5. The highest BCUT2D eigenvalue weighted by molar-refractivity contribution is 5.91. The van der Waals surface area contributed by atoms with Crippen LogP contribution in [-0.2, 0) is 14.3 Å². The van der Waals surface area contributed by atoms with Crippen LogP contribution in [0.1, 0.15) is 6.92 Å². The molecule has 1 heterocycles. The molecule has 1 atom stereocenters. The second-order valence-electron chi connectivity index (χ2n) is 3.10. The van der Waals surface area contributed by atoms with E-state index in [-0.39, 0.29) is 18.7 Å². The first-order chi connectivity index (χ1) is 6.70. The van der Waals surface area contributed by atoms with Gasteiger partial charge in [0.15, 0.2) is 0 Å². The third-order valence-corrected chi connectivity index (χ3v) is 1.76. The summed E-state index contributed by atoms with van der Waals surface area (Å²) in [6.45, 7) is 6.46. The third-order valence-electron chi connectivity index (χ3n) is 1.76. The molecule has 0 saturated carbocycles. The first kappa shape index (κ1) is 10.9. The van der Waals surface area contributed by atoms with Crippen molar-refractivity contribution < 1.29 is 14.3 Å². The summed E-state index contributed by atoms with van der Waals surface area (Å²) in [7, 11) is 0. The Labute approximate surface area is 83.6 Å². The molecule has 0 radical (unpaired) electrons. The zero-order chi connectivity index (χ0) is 10.4. The molecule has 1 N–H and O–H groups in total. The highest BCUT2D eigenvalue weighted by Gasteiger charge is 2.09. The van der Waals surface area contributed by atoms with Crippen LogP contribution in [0.4, 0.5) is 0 Å². The Morgan fingerprint density at radius 2 is 2.57 bits per heavy atom. The molecule has 1 amide bonds. The van der Waals surface area contributed by atoms with Crippen molar-refractivity contribution >= 4 is 5.91 Å². The van der Waals surface area contributed by atoms with Crippen LogP contribution in [0.5, 0.6) is 0 Å². The molecule has 1 rings (SSSR count). The summed E-state index contributed by atoms with van der Waals surface area (Å²) in [4.78, 5) is 11.0. The minimum Gasteiger partial charge on any atom is -0.368 e. The molecular weight excluding hydrogens is 182 g/mol. The minimum atomic E-state index is -0.187. The molecule has 0 aromatic rings. The van der Waals surface area contributed by atoms with Gasteiger partial charge in [0.1, 0.15) is 6.73 Å². The molecule has 0 aromatic heterocycles. The van der Waals surface area contributed by atoms with E-state index in [4.69, 9.17) is 9.47 Å². The van der Waals surface area contributed by atoms with Crippen LogP contribution in [0.3, 0.4) is 0 Å². The van der Waals surface area contributed by atoms with Crippen LogP contribution in [0.15, 0.2) is 24.3 Å². The lowest BCUT2D eigenvalue weighted by Crippen LogP contribution is -2.28. The molecular formula is C10H15NO3. The summed E-state index contributed by atoms with van der Waals surface area (Å²) in [6, 6.07) is 0. The number of carbonyl (C=O) groups is 1. The quantitative estimate of drug-likeness (QED) is 0.304. The van der Waals surface area contributed by atoms with E-state index in [0.717, 1.165) is 0 Å². The maximum absolute atomic E-state index is 11.0. The van der Waals surface area contributed by atoms with E-state index < -0.39 is 0 Å². The average Bonchev–Trinajstić information content (AvgIpc) is 2.64. The maximum Gasteiger partial charge on any atom is 0.248 e. The van der Waals surface area contributed by atoms with Crippen molar-refractivity contribution in [3.63, 3.8) is 0 Å². The van der Waals surface area contributed by atoms with E-state index in [2.05, 4.69) is 11.9 Å². The van der Waals surface area contributed by atoms with Crippen molar-refractivity contribution in [1.82, 2.24) is 5.32 Å². The molecule has 1 aliphatic heterocycles. The molecule has 0 saturated heterocycles. The van der Waals surface area contributed by atoms with Gasteiger partial charge < -0.3 is 14.8 Å². The van der Waals surface area contributed by atoms with E-state index in [9.17, 15) is 4.79 Å². The summed E-state index contributed by atoms with van der Waals surface area (Å²) in [6.07, 6.45) is 3.91. The molecule has 4 nitrogen and oxygen atoms in total. The van der Waals surface area contributed by atoms with Crippen LogP contribution < -0.4 is 5.32 Å². The summed E-state index contributed by atoms with van der Waals surface area (Å²) in [5.74, 6) is -0.187. The Balaban J connectivity index is 2.01. The van der Waals surface area contributed by atoms with Crippen molar-refractivity contribution in [3.8, 4) is 0 Å². The molecule has 0 fully saturated rings. The normalized spacial score (nSPS) is 19.6. The van der Waals surface area contributed by atoms with E-state index in [0.29, 0.717) is 18.8 Å². The SMILES string of the molecule is C=C(C)C(=O)NCOCC1C=CCO1. The predicted octanol–water partition coefficient (Wildman–Crippen LogP) is 0.608. The first-order valence-corrected chi connectivity index (χ1v) is 4.50. The van der Waals surface area contributed by atoms with Gasteiger partial charge in [-0.25, -0.2) is 0 Å². The van der Waals surface area contributed by atoms with Crippen molar-refractivity contribution in [2.45, 2.75) is 13.0 Å². The van der Waals surface area contributed by atoms with Crippen LogP contribution in [0.2, 0.25) is 0 Å². The fraction of sp³-hybridized carbons (Fsp3) is 0.500. The fourth-order valence-corrected chi connectivity index (χ4v) is 0.988. The second-order valence-corrected chi connectivity index (χ2v) is 3.10. The molecule has 0 aliphatic carbocycles.